The van der Waals surface area contributed by atoms with Gasteiger partial charge in [-0.1, -0.05) is 18.2 Å². The number of nitrogens with zero attached hydrogens (tertiary/aromatic N) is 1. The number of nitrogens with one attached hydrogen (secondary N) is 2. The second-order valence-corrected chi connectivity index (χ2v) is 7.89. The summed E-state index contributed by atoms with van der Waals surface area (Å²) < 4.78 is 5.48. The van der Waals surface area contributed by atoms with E-state index in [0.29, 0.717) is 11.8 Å². The van der Waals surface area contributed by atoms with Crippen LogP contribution in [-0.2, 0) is 4.79 Å². The topological polar surface area (TPSA) is 53.6 Å². The maximum Gasteiger partial charge on any atom is 0.262 e. The molecular formula is C22H29N3O2S. The first-order valence-electron chi connectivity index (χ1n) is 9.79. The predicted molar refractivity (Wildman–Crippen MR) is 119 cm³/mol. The summed E-state index contributed by atoms with van der Waals surface area (Å²) in [5, 5.41) is 6.53. The molecule has 0 radical (unpaired) electrons. The highest BCUT2D eigenvalue weighted by Crippen LogP contribution is 2.22. The molecule has 1 aliphatic heterocycles. The van der Waals surface area contributed by atoms with Gasteiger partial charge in [0, 0.05) is 42.8 Å². The number of amides is 1. The number of thioether (sulfide) groups is 1. The van der Waals surface area contributed by atoms with Gasteiger partial charge < -0.3 is 20.3 Å². The summed E-state index contributed by atoms with van der Waals surface area (Å²) in [7, 11) is 0. The number of rotatable bonds is 9. The lowest BCUT2D eigenvalue weighted by atomic mass is 10.0. The van der Waals surface area contributed by atoms with Gasteiger partial charge in [0.15, 0.2) is 6.61 Å². The van der Waals surface area contributed by atoms with Crippen molar-refractivity contribution in [3.05, 3.63) is 54.6 Å². The highest BCUT2D eigenvalue weighted by Gasteiger charge is 2.18. The minimum atomic E-state index is -0.159. The molecule has 0 spiro atoms. The average molecular weight is 400 g/mol. The Morgan fingerprint density at radius 3 is 2.50 bits per heavy atom. The largest absolute Gasteiger partial charge is 0.484 e. The fourth-order valence-electron chi connectivity index (χ4n) is 3.33. The molecule has 5 nitrogen and oxygen atoms in total. The number of hydrogen-bond acceptors (Lipinski definition) is 5. The molecule has 0 unspecified atom stereocenters. The van der Waals surface area contributed by atoms with Crippen molar-refractivity contribution in [3.8, 4) is 5.75 Å². The van der Waals surface area contributed by atoms with Crippen molar-refractivity contribution in [2.24, 2.45) is 0 Å². The second-order valence-electron chi connectivity index (χ2n) is 6.91. The number of benzene rings is 2. The molecular weight excluding hydrogens is 370 g/mol. The van der Waals surface area contributed by atoms with Crippen LogP contribution in [0.25, 0.3) is 0 Å². The van der Waals surface area contributed by atoms with Crippen LogP contribution >= 0.6 is 11.8 Å². The number of ether oxygens (including phenoxy) is 1. The van der Waals surface area contributed by atoms with Gasteiger partial charge >= 0.3 is 0 Å². The SMILES string of the molecule is CSCCNC1CCN(c2ccc(NC(=O)COc3ccccc3)cc2)CC1. The highest BCUT2D eigenvalue weighted by atomic mass is 32.2. The van der Waals surface area contributed by atoms with Crippen LogP contribution in [0.15, 0.2) is 54.6 Å². The molecule has 2 N–H and O–H groups in total. The fourth-order valence-corrected chi connectivity index (χ4v) is 3.65. The van der Waals surface area contributed by atoms with Crippen molar-refractivity contribution in [3.63, 3.8) is 0 Å². The van der Waals surface area contributed by atoms with E-state index in [4.69, 9.17) is 4.74 Å². The Labute approximate surface area is 171 Å². The lowest BCUT2D eigenvalue weighted by molar-refractivity contribution is -0.118. The molecule has 0 aliphatic carbocycles. The molecule has 0 saturated carbocycles. The van der Waals surface area contributed by atoms with Crippen molar-refractivity contribution >= 4 is 29.0 Å². The number of hydrogen-bond donors (Lipinski definition) is 2. The molecule has 3 rings (SSSR count). The van der Waals surface area contributed by atoms with Crippen LogP contribution in [-0.4, -0.2) is 50.2 Å². The zero-order valence-electron chi connectivity index (χ0n) is 16.4. The molecule has 28 heavy (non-hydrogen) atoms. The van der Waals surface area contributed by atoms with Crippen LogP contribution in [0.5, 0.6) is 5.75 Å². The number of carbonyl (C=O) groups is 1. The fraction of sp³-hybridized carbons (Fsp3) is 0.409. The maximum atomic E-state index is 12.1. The molecule has 1 aliphatic rings. The number of carbonyl (C=O) groups excluding carboxylic acids is 1. The Balaban J connectivity index is 1.41. The number of para-hydroxylation sites is 1. The first-order valence-corrected chi connectivity index (χ1v) is 11.2. The normalized spacial score (nSPS) is 14.7. The molecule has 6 heteroatoms. The van der Waals surface area contributed by atoms with Crippen LogP contribution in [0, 0.1) is 0 Å². The van der Waals surface area contributed by atoms with Crippen LogP contribution in [0.3, 0.4) is 0 Å². The van der Waals surface area contributed by atoms with Gasteiger partial charge in [0.1, 0.15) is 5.75 Å². The van der Waals surface area contributed by atoms with Crippen molar-refractivity contribution in [1.82, 2.24) is 5.32 Å². The molecule has 1 fully saturated rings. The van der Waals surface area contributed by atoms with Gasteiger partial charge in [-0.2, -0.15) is 11.8 Å². The summed E-state index contributed by atoms with van der Waals surface area (Å²) in [6.07, 6.45) is 4.49. The zero-order valence-corrected chi connectivity index (χ0v) is 17.2. The van der Waals surface area contributed by atoms with Gasteiger partial charge in [0.2, 0.25) is 0 Å². The summed E-state index contributed by atoms with van der Waals surface area (Å²) in [6.45, 7) is 3.22. The third kappa shape index (κ3) is 6.46. The lowest BCUT2D eigenvalue weighted by Gasteiger charge is -2.34. The lowest BCUT2D eigenvalue weighted by Crippen LogP contribution is -2.43. The van der Waals surface area contributed by atoms with Gasteiger partial charge in [-0.3, -0.25) is 4.79 Å². The first kappa shape index (κ1) is 20.6. The second kappa shape index (κ2) is 11.0. The minimum absolute atomic E-state index is 0.00279. The number of anilines is 2. The molecule has 2 aromatic carbocycles. The van der Waals surface area contributed by atoms with Crippen molar-refractivity contribution in [2.45, 2.75) is 18.9 Å². The Kier molecular flexibility index (Phi) is 8.06. The Hall–Kier alpha value is -2.18. The molecule has 1 saturated heterocycles. The van der Waals surface area contributed by atoms with Gasteiger partial charge in [0.25, 0.3) is 5.91 Å². The molecule has 1 heterocycles. The summed E-state index contributed by atoms with van der Waals surface area (Å²) in [4.78, 5) is 14.5. The van der Waals surface area contributed by atoms with Gasteiger partial charge in [-0.15, -0.1) is 0 Å². The molecule has 0 aromatic heterocycles. The Morgan fingerprint density at radius 1 is 1.11 bits per heavy atom. The van der Waals surface area contributed by atoms with Crippen LogP contribution < -0.4 is 20.3 Å². The summed E-state index contributed by atoms with van der Waals surface area (Å²) in [5.41, 5.74) is 2.00. The molecule has 1 amide bonds. The van der Waals surface area contributed by atoms with Gasteiger partial charge in [-0.25, -0.2) is 0 Å². The summed E-state index contributed by atoms with van der Waals surface area (Å²) >= 11 is 1.88. The van der Waals surface area contributed by atoms with E-state index in [9.17, 15) is 4.79 Å². The van der Waals surface area contributed by atoms with E-state index >= 15 is 0 Å². The standard InChI is InChI=1S/C22H29N3O2S/c1-28-16-13-23-18-11-14-25(15-12-18)20-9-7-19(8-10-20)24-22(26)17-27-21-5-3-2-4-6-21/h2-10,18,23H,11-17H2,1H3,(H,24,26). The van der Waals surface area contributed by atoms with Gasteiger partial charge in [-0.05, 0) is 55.5 Å². The van der Waals surface area contributed by atoms with E-state index in [-0.39, 0.29) is 12.5 Å². The summed E-state index contributed by atoms with van der Waals surface area (Å²) in [5.74, 6) is 1.71. The zero-order chi connectivity index (χ0) is 19.6. The van der Waals surface area contributed by atoms with E-state index in [1.54, 1.807) is 0 Å². The Morgan fingerprint density at radius 2 is 1.82 bits per heavy atom. The van der Waals surface area contributed by atoms with E-state index in [2.05, 4.69) is 33.9 Å². The maximum absolute atomic E-state index is 12.1. The summed E-state index contributed by atoms with van der Waals surface area (Å²) in [6, 6.07) is 18.1. The van der Waals surface area contributed by atoms with E-state index in [0.717, 1.165) is 25.3 Å². The van der Waals surface area contributed by atoms with Crippen LogP contribution in [0.2, 0.25) is 0 Å². The third-order valence-corrected chi connectivity index (χ3v) is 5.48. The Bertz CT molecular complexity index is 716. The molecule has 0 bridgehead atoms. The minimum Gasteiger partial charge on any atom is -0.484 e. The molecule has 0 atom stereocenters. The van der Waals surface area contributed by atoms with Crippen molar-refractivity contribution in [2.75, 3.05) is 48.5 Å². The van der Waals surface area contributed by atoms with Crippen LogP contribution in [0.4, 0.5) is 11.4 Å². The van der Waals surface area contributed by atoms with Crippen LogP contribution in [0.1, 0.15) is 12.8 Å². The van der Waals surface area contributed by atoms with E-state index < -0.39 is 0 Å². The predicted octanol–water partition coefficient (Wildman–Crippen LogP) is 3.63. The molecule has 150 valence electrons. The quantitative estimate of drug-likeness (QED) is 0.631. The monoisotopic (exact) mass is 399 g/mol. The van der Waals surface area contributed by atoms with Crippen molar-refractivity contribution in [1.29, 1.82) is 0 Å². The van der Waals surface area contributed by atoms with Crippen molar-refractivity contribution < 1.29 is 9.53 Å². The smallest absolute Gasteiger partial charge is 0.262 e. The van der Waals surface area contributed by atoms with E-state index in [1.165, 1.54) is 24.3 Å². The first-order chi connectivity index (χ1) is 13.7. The third-order valence-electron chi connectivity index (χ3n) is 4.86. The number of piperidine rings is 1. The molecule has 2 aromatic rings. The van der Waals surface area contributed by atoms with E-state index in [1.807, 2.05) is 54.2 Å². The average Bonchev–Trinajstić information content (AvgIpc) is 2.74. The highest BCUT2D eigenvalue weighted by molar-refractivity contribution is 7.98. The van der Waals surface area contributed by atoms with Gasteiger partial charge in [0.05, 0.1) is 0 Å².